The van der Waals surface area contributed by atoms with E-state index in [9.17, 15) is 0 Å². The Morgan fingerprint density at radius 2 is 0.313 bits per heavy atom. The van der Waals surface area contributed by atoms with Crippen molar-refractivity contribution >= 4 is 53.0 Å². The molecule has 0 nitrogen and oxygen atoms in total. The van der Waals surface area contributed by atoms with Gasteiger partial charge in [-0.15, -0.1) is 0 Å². The van der Waals surface area contributed by atoms with Crippen molar-refractivity contribution in [2.45, 2.75) is 224 Å². The standard InChI is InChI=1S/4C12H21Si.C10H15.4Ho.Mo.11H/c4*1-8-9(2)11(4)12(10(8)3)13(5,6)7;1-6-7(2)9(4)10(5)8(6)3;;;;;;;;;;;;;;;;/h4*1-7H3;1-5H3;;;;;;;;;;;;;;;;/q5*-1;4*+3;+4;11*-1. The molecule has 5 aromatic rings. The summed E-state index contributed by atoms with van der Waals surface area (Å²) in [5.41, 5.74) is 31.8. The van der Waals surface area contributed by atoms with E-state index in [1.165, 1.54) is 72.3 Å². The van der Waals surface area contributed by atoms with Gasteiger partial charge in [-0.1, -0.05) is 224 Å². The number of hydrogen-bond donors (Lipinski definition) is 0. The van der Waals surface area contributed by atoms with Gasteiger partial charge < -0.3 is 15.7 Å². The van der Waals surface area contributed by atoms with Gasteiger partial charge in [0.05, 0.1) is 0 Å². The molecule has 0 aliphatic carbocycles. The molecule has 0 fully saturated rings. The van der Waals surface area contributed by atoms with Crippen molar-refractivity contribution in [2.75, 3.05) is 0 Å². The van der Waals surface area contributed by atoms with Gasteiger partial charge in [-0.3, -0.25) is 0 Å². The second-order valence-electron chi connectivity index (χ2n) is 23.6. The quantitative estimate of drug-likeness (QED) is 0.124. The van der Waals surface area contributed by atoms with Gasteiger partial charge in [0, 0.05) is 32.3 Å². The number of hydrogen-bond acceptors (Lipinski definition) is 0. The summed E-state index contributed by atoms with van der Waals surface area (Å²) in [7, 11) is -4.53. The van der Waals surface area contributed by atoms with E-state index in [2.05, 4.69) is 224 Å². The molecule has 5 rings (SSSR count). The second-order valence-corrected chi connectivity index (χ2v) is 43.6. The Hall–Kier alpha value is 3.34. The van der Waals surface area contributed by atoms with E-state index in [1.807, 2.05) is 0 Å². The summed E-state index contributed by atoms with van der Waals surface area (Å²) in [5.74, 6) is 0. The number of rotatable bonds is 4. The summed E-state index contributed by atoms with van der Waals surface area (Å²) in [4.78, 5) is 0. The van der Waals surface area contributed by atoms with Crippen LogP contribution in [0.3, 0.4) is 0 Å². The molecule has 0 saturated carbocycles. The predicted octanol–water partition coefficient (Wildman–Crippen LogP) is 16.9. The van der Waals surface area contributed by atoms with E-state index < -0.39 is 32.3 Å². The molecule has 5 aromatic carbocycles. The van der Waals surface area contributed by atoms with Gasteiger partial charge in [0.2, 0.25) is 0 Å². The molecule has 0 aliphatic rings. The first-order valence-electron chi connectivity index (χ1n) is 23.8. The van der Waals surface area contributed by atoms with E-state index >= 15 is 0 Å². The molecule has 408 valence electrons. The van der Waals surface area contributed by atoms with Gasteiger partial charge in [-0.25, -0.2) is 0 Å². The molecule has 0 heterocycles. The van der Waals surface area contributed by atoms with Crippen LogP contribution in [-0.4, -0.2) is 32.3 Å². The van der Waals surface area contributed by atoms with Crippen molar-refractivity contribution in [3.63, 3.8) is 0 Å². The summed E-state index contributed by atoms with van der Waals surface area (Å²) in [6, 6.07) is 0. The van der Waals surface area contributed by atoms with E-state index in [-0.39, 0.29) is 188 Å². The average Bonchev–Trinajstić information content (AvgIpc) is 3.69. The van der Waals surface area contributed by atoms with Gasteiger partial charge in [0.1, 0.15) is 0 Å². The Bertz CT molecular complexity index is 1930. The van der Waals surface area contributed by atoms with Gasteiger partial charge in [0.25, 0.3) is 0 Å². The van der Waals surface area contributed by atoms with Crippen LogP contribution in [0.15, 0.2) is 0 Å². The maximum Gasteiger partial charge on any atom is 4.00 e. The maximum atomic E-state index is 2.43. The minimum atomic E-state index is -1.13. The summed E-state index contributed by atoms with van der Waals surface area (Å²) in [6.07, 6.45) is 0. The van der Waals surface area contributed by atoms with Crippen molar-refractivity contribution in [3.05, 3.63) is 117 Å². The molecular formula is C58H110Ho4MoSi4. The fourth-order valence-corrected chi connectivity index (χ4v) is 21.3. The zero-order chi connectivity index (χ0) is 49.4. The Kier molecular flexibility index (Phi) is 36.6. The van der Waals surface area contributed by atoms with Gasteiger partial charge in [-0.05, 0) is 0 Å². The molecule has 0 aromatic heterocycles. The largest absolute Gasteiger partial charge is 4.00 e. The Morgan fingerprint density at radius 1 is 0.224 bits per heavy atom. The molecule has 0 unspecified atom stereocenters. The van der Waals surface area contributed by atoms with Crippen LogP contribution < -0.4 is 20.7 Å². The molecule has 0 amide bonds. The molecule has 67 heavy (non-hydrogen) atoms. The zero-order valence-electron chi connectivity index (χ0n) is 60.1. The van der Waals surface area contributed by atoms with Crippen molar-refractivity contribution < 1.29 is 188 Å². The Morgan fingerprint density at radius 3 is 0.358 bits per heavy atom. The van der Waals surface area contributed by atoms with E-state index in [4.69, 9.17) is 0 Å². The van der Waals surface area contributed by atoms with Crippen LogP contribution in [0.25, 0.3) is 0 Å². The van der Waals surface area contributed by atoms with Crippen molar-refractivity contribution in [1.82, 2.24) is 0 Å². The van der Waals surface area contributed by atoms with E-state index in [0.29, 0.717) is 0 Å². The van der Waals surface area contributed by atoms with Crippen LogP contribution in [0.5, 0.6) is 0 Å². The first-order chi connectivity index (χ1) is 27.6. The molecule has 0 aliphatic heterocycles. The van der Waals surface area contributed by atoms with Crippen LogP contribution in [0.4, 0.5) is 0 Å². The van der Waals surface area contributed by atoms with Crippen LogP contribution in [-0.2, 0) is 21.1 Å². The molecule has 0 bridgehead atoms. The van der Waals surface area contributed by atoms with Crippen molar-refractivity contribution in [3.8, 4) is 0 Å². The minimum absolute atomic E-state index is 0. The van der Waals surface area contributed by atoms with Crippen molar-refractivity contribution in [2.24, 2.45) is 0 Å². The monoisotopic (exact) mass is 1680 g/mol. The smallest absolute Gasteiger partial charge is 1.00 e. The summed E-state index contributed by atoms with van der Waals surface area (Å²) in [6.45, 7) is 76.4. The predicted molar refractivity (Wildman–Crippen MR) is 314 cm³/mol. The molecule has 0 N–H and O–H groups in total. The molecule has 0 atom stereocenters. The van der Waals surface area contributed by atoms with Gasteiger partial charge in [0.15, 0.2) is 0 Å². The van der Waals surface area contributed by atoms with Gasteiger partial charge in [-0.2, -0.15) is 138 Å². The Balaban J connectivity index is -0.0000000419. The summed E-state index contributed by atoms with van der Waals surface area (Å²) in [5, 5.41) is 6.73. The zero-order valence-corrected chi connectivity index (χ0v) is 62.9. The third kappa shape index (κ3) is 19.4. The SMILES string of the molecule is Cc1c(C)c(C)[c-](C)c1C.Cc1c(C)c(C)[c-]([Si](C)(C)C)c1C.Cc1c(C)c(C)[c-]([Si](C)(C)C)c1C.Cc1c(C)c(C)[c-]([Si](C)(C)C)c1C.Cc1c(C)c(C)[c-]([Si](C)(C)C)c1C.[H-].[H-].[H-].[H-].[H-].[H-].[H-].[H-].[H-].[H-].[H-].[Ho+3].[Ho+3].[Ho+3].[Ho+3].[Mo+4]. The Labute approximate surface area is 572 Å². The van der Waals surface area contributed by atoms with Crippen LogP contribution in [0.1, 0.15) is 133 Å². The molecular weight excluding hydrogens is 1560 g/mol. The van der Waals surface area contributed by atoms with Crippen LogP contribution >= 0.6 is 0 Å². The van der Waals surface area contributed by atoms with E-state index in [1.54, 1.807) is 65.3 Å². The van der Waals surface area contributed by atoms with Crippen LogP contribution in [0.2, 0.25) is 78.6 Å². The second kappa shape index (κ2) is 30.9. The third-order valence-electron chi connectivity index (χ3n) is 15.6. The topological polar surface area (TPSA) is 0 Å². The fraction of sp³-hybridized carbons (Fsp3) is 0.569. The molecule has 0 saturated heterocycles. The molecule has 9 heteroatoms. The third-order valence-corrected chi connectivity index (χ3v) is 24.6. The van der Waals surface area contributed by atoms with Crippen molar-refractivity contribution in [1.29, 1.82) is 0 Å². The normalized spacial score (nSPS) is 11.1. The van der Waals surface area contributed by atoms with Gasteiger partial charge >= 0.3 is 172 Å². The summed E-state index contributed by atoms with van der Waals surface area (Å²) >= 11 is 0. The average molecular weight is 1680 g/mol. The summed E-state index contributed by atoms with van der Waals surface area (Å²) < 4.78 is 0. The first-order valence-corrected chi connectivity index (χ1v) is 37.8. The fourth-order valence-electron chi connectivity index (χ4n) is 10.8. The molecule has 0 radical (unpaired) electrons. The molecule has 0 spiro atoms. The minimum Gasteiger partial charge on any atom is -1.00 e. The van der Waals surface area contributed by atoms with E-state index in [0.717, 1.165) is 0 Å². The maximum absolute atomic E-state index is 2.43. The first kappa shape index (κ1) is 79.2. The van der Waals surface area contributed by atoms with Crippen LogP contribution in [0, 0.1) is 296 Å².